The van der Waals surface area contributed by atoms with Crippen LogP contribution in [0.25, 0.3) is 0 Å². The predicted octanol–water partition coefficient (Wildman–Crippen LogP) is 1.83. The fourth-order valence-corrected chi connectivity index (χ4v) is 1.24. The van der Waals surface area contributed by atoms with Gasteiger partial charge in [-0.2, -0.15) is 0 Å². The third-order valence-corrected chi connectivity index (χ3v) is 1.88. The second-order valence-corrected chi connectivity index (χ2v) is 2.65. The highest BCUT2D eigenvalue weighted by Crippen LogP contribution is 2.22. The Morgan fingerprint density at radius 2 is 2.27 bits per heavy atom. The fourth-order valence-electron chi connectivity index (χ4n) is 1.24. The maximum Gasteiger partial charge on any atom is 0.146 e. The minimum atomic E-state index is 0.810. The van der Waals surface area contributed by atoms with E-state index in [1.165, 1.54) is 0 Å². The van der Waals surface area contributed by atoms with Crippen LogP contribution >= 0.6 is 0 Å². The molecule has 1 rings (SSSR count). The molecule has 0 aromatic rings. The summed E-state index contributed by atoms with van der Waals surface area (Å²) in [7, 11) is 1.67. The molecule has 60 valence electrons. The molecule has 0 bridgehead atoms. The van der Waals surface area contributed by atoms with E-state index in [2.05, 4.69) is 0 Å². The highest BCUT2D eigenvalue weighted by atomic mass is 16.5. The molecule has 1 aliphatic carbocycles. The number of hydrogen-bond donors (Lipinski definition) is 0. The van der Waals surface area contributed by atoms with Crippen molar-refractivity contribution in [2.75, 3.05) is 7.11 Å². The lowest BCUT2D eigenvalue weighted by atomic mass is 10.00. The van der Waals surface area contributed by atoms with Crippen molar-refractivity contribution in [1.82, 2.24) is 0 Å². The predicted molar refractivity (Wildman–Crippen MR) is 43.1 cm³/mol. The van der Waals surface area contributed by atoms with Crippen LogP contribution in [0.3, 0.4) is 0 Å². The molecule has 0 saturated carbocycles. The molecule has 0 N–H and O–H groups in total. The van der Waals surface area contributed by atoms with Crippen molar-refractivity contribution in [1.29, 1.82) is 0 Å². The number of carbonyl (C=O) groups is 1. The van der Waals surface area contributed by atoms with E-state index < -0.39 is 0 Å². The van der Waals surface area contributed by atoms with E-state index in [1.807, 2.05) is 13.0 Å². The number of aldehydes is 1. The van der Waals surface area contributed by atoms with Crippen LogP contribution in [-0.2, 0) is 9.53 Å². The second-order valence-electron chi connectivity index (χ2n) is 2.65. The largest absolute Gasteiger partial charge is 0.501 e. The molecule has 0 atom stereocenters. The van der Waals surface area contributed by atoms with Crippen LogP contribution in [0.4, 0.5) is 0 Å². The molecule has 1 aliphatic rings. The minimum Gasteiger partial charge on any atom is -0.501 e. The van der Waals surface area contributed by atoms with E-state index in [0.717, 1.165) is 36.0 Å². The van der Waals surface area contributed by atoms with Gasteiger partial charge in [-0.15, -0.1) is 0 Å². The van der Waals surface area contributed by atoms with Gasteiger partial charge in [-0.1, -0.05) is 0 Å². The molecular weight excluding hydrogens is 140 g/mol. The van der Waals surface area contributed by atoms with Crippen LogP contribution < -0.4 is 0 Å². The highest BCUT2D eigenvalue weighted by Gasteiger charge is 2.09. The minimum absolute atomic E-state index is 0.810. The summed E-state index contributed by atoms with van der Waals surface area (Å²) >= 11 is 0. The summed E-state index contributed by atoms with van der Waals surface area (Å²) in [6.07, 6.45) is 4.46. The molecule has 0 heterocycles. The Hall–Kier alpha value is -1.05. The molecule has 2 heteroatoms. The summed E-state index contributed by atoms with van der Waals surface area (Å²) in [6, 6.07) is 0. The number of carbonyl (C=O) groups excluding carboxylic acids is 1. The van der Waals surface area contributed by atoms with Gasteiger partial charge < -0.3 is 4.74 Å². The molecule has 0 amide bonds. The van der Waals surface area contributed by atoms with E-state index in [0.29, 0.717) is 0 Å². The van der Waals surface area contributed by atoms with Crippen molar-refractivity contribution >= 4 is 6.29 Å². The molecule has 0 unspecified atom stereocenters. The van der Waals surface area contributed by atoms with Gasteiger partial charge in [-0.05, 0) is 30.6 Å². The third-order valence-electron chi connectivity index (χ3n) is 1.88. The summed E-state index contributed by atoms with van der Waals surface area (Å²) in [5.74, 6) is 0.996. The van der Waals surface area contributed by atoms with E-state index in [-0.39, 0.29) is 0 Å². The quantitative estimate of drug-likeness (QED) is 0.564. The number of methoxy groups -OCH3 is 1. The van der Waals surface area contributed by atoms with E-state index in [9.17, 15) is 4.79 Å². The van der Waals surface area contributed by atoms with Gasteiger partial charge in [0.15, 0.2) is 0 Å². The smallest absolute Gasteiger partial charge is 0.146 e. The Bertz CT molecular complexity index is 224. The van der Waals surface area contributed by atoms with Crippen molar-refractivity contribution in [2.45, 2.75) is 19.8 Å². The second kappa shape index (κ2) is 3.37. The lowest BCUT2D eigenvalue weighted by molar-refractivity contribution is -0.105. The summed E-state index contributed by atoms with van der Waals surface area (Å²) in [5, 5.41) is 0. The van der Waals surface area contributed by atoms with Crippen molar-refractivity contribution in [2.24, 2.45) is 0 Å². The first-order valence-electron chi connectivity index (χ1n) is 3.67. The Morgan fingerprint density at radius 1 is 1.55 bits per heavy atom. The van der Waals surface area contributed by atoms with Gasteiger partial charge in [0, 0.05) is 6.42 Å². The van der Waals surface area contributed by atoms with Gasteiger partial charge in [0.1, 0.15) is 6.29 Å². The Labute approximate surface area is 66.5 Å². The highest BCUT2D eigenvalue weighted by molar-refractivity contribution is 5.74. The summed E-state index contributed by atoms with van der Waals surface area (Å²) in [6.45, 7) is 1.96. The maximum absolute atomic E-state index is 10.4. The average Bonchev–Trinajstić information content (AvgIpc) is 2.04. The monoisotopic (exact) mass is 152 g/mol. The number of ether oxygens (including phenoxy) is 1. The average molecular weight is 152 g/mol. The summed E-state index contributed by atoms with van der Waals surface area (Å²) < 4.78 is 5.12. The molecular formula is C9H12O2. The van der Waals surface area contributed by atoms with E-state index in [4.69, 9.17) is 4.74 Å². The molecule has 0 aromatic heterocycles. The van der Waals surface area contributed by atoms with Crippen LogP contribution in [0.2, 0.25) is 0 Å². The third kappa shape index (κ3) is 1.70. The number of hydrogen-bond acceptors (Lipinski definition) is 2. The van der Waals surface area contributed by atoms with Crippen LogP contribution in [0.1, 0.15) is 19.8 Å². The molecule has 0 spiro atoms. The molecule has 2 nitrogen and oxygen atoms in total. The Kier molecular flexibility index (Phi) is 2.47. The molecule has 0 saturated heterocycles. The van der Waals surface area contributed by atoms with Crippen LogP contribution in [0.15, 0.2) is 23.0 Å². The first kappa shape index (κ1) is 8.05. The van der Waals surface area contributed by atoms with Crippen molar-refractivity contribution in [3.05, 3.63) is 23.0 Å². The molecule has 0 radical (unpaired) electrons. The van der Waals surface area contributed by atoms with Crippen LogP contribution in [0.5, 0.6) is 0 Å². The Morgan fingerprint density at radius 3 is 2.73 bits per heavy atom. The zero-order valence-electron chi connectivity index (χ0n) is 6.89. The van der Waals surface area contributed by atoms with Crippen molar-refractivity contribution in [3.8, 4) is 0 Å². The lowest BCUT2D eigenvalue weighted by Crippen LogP contribution is -1.99. The first-order chi connectivity index (χ1) is 5.27. The number of allylic oxidation sites excluding steroid dienone is 4. The normalized spacial score (nSPS) is 17.8. The fraction of sp³-hybridized carbons (Fsp3) is 0.444. The van der Waals surface area contributed by atoms with Gasteiger partial charge >= 0.3 is 0 Å². The zero-order valence-corrected chi connectivity index (χ0v) is 6.89. The molecule has 11 heavy (non-hydrogen) atoms. The summed E-state index contributed by atoms with van der Waals surface area (Å²) in [4.78, 5) is 10.4. The Balaban J connectivity index is 2.84. The van der Waals surface area contributed by atoms with Gasteiger partial charge in [0.05, 0.1) is 12.9 Å². The maximum atomic E-state index is 10.4. The van der Waals surface area contributed by atoms with Crippen LogP contribution in [0, 0.1) is 0 Å². The number of rotatable bonds is 2. The van der Waals surface area contributed by atoms with Gasteiger partial charge in [0.25, 0.3) is 0 Å². The van der Waals surface area contributed by atoms with E-state index >= 15 is 0 Å². The van der Waals surface area contributed by atoms with Gasteiger partial charge in [-0.3, -0.25) is 4.79 Å². The van der Waals surface area contributed by atoms with Gasteiger partial charge in [0.2, 0.25) is 0 Å². The molecule has 0 aliphatic heterocycles. The lowest BCUT2D eigenvalue weighted by Gasteiger charge is -2.13. The standard InChI is InChI=1S/C9H12O2/c1-7-5-8(6-10)3-4-9(7)11-2/h5-6H,3-4H2,1-2H3. The zero-order chi connectivity index (χ0) is 8.27. The van der Waals surface area contributed by atoms with Crippen molar-refractivity contribution < 1.29 is 9.53 Å². The topological polar surface area (TPSA) is 26.3 Å². The molecule has 0 fully saturated rings. The van der Waals surface area contributed by atoms with Crippen LogP contribution in [-0.4, -0.2) is 13.4 Å². The molecule has 0 aromatic carbocycles. The first-order valence-corrected chi connectivity index (χ1v) is 3.67. The van der Waals surface area contributed by atoms with E-state index in [1.54, 1.807) is 7.11 Å². The van der Waals surface area contributed by atoms with Crippen molar-refractivity contribution in [3.63, 3.8) is 0 Å². The van der Waals surface area contributed by atoms with Gasteiger partial charge in [-0.25, -0.2) is 0 Å². The summed E-state index contributed by atoms with van der Waals surface area (Å²) in [5.41, 5.74) is 1.93. The SMILES string of the molecule is COC1=C(C)C=C(C=O)CC1.